The Morgan fingerprint density at radius 3 is 2.21 bits per heavy atom. The average molecular weight is 371 g/mol. The number of amides is 1. The van der Waals surface area contributed by atoms with E-state index in [0.717, 1.165) is 31.5 Å². The molecule has 2 fully saturated rings. The molecular weight excluding hydrogens is 348 g/mol. The zero-order valence-corrected chi connectivity index (χ0v) is 15.2. The van der Waals surface area contributed by atoms with E-state index < -0.39 is 10.0 Å². The van der Waals surface area contributed by atoms with Gasteiger partial charge in [-0.2, -0.15) is 0 Å². The smallest absolute Gasteiger partial charge is 0.225 e. The van der Waals surface area contributed by atoms with E-state index in [-0.39, 0.29) is 17.6 Å². The lowest BCUT2D eigenvalue weighted by molar-refractivity contribution is -0.135. The van der Waals surface area contributed by atoms with Gasteiger partial charge in [0.25, 0.3) is 0 Å². The largest absolute Gasteiger partial charge is 0.342 e. The molecule has 0 aromatic heterocycles. The Morgan fingerprint density at radius 2 is 1.62 bits per heavy atom. The number of sulfonamides is 1. The van der Waals surface area contributed by atoms with Crippen LogP contribution in [0.5, 0.6) is 0 Å². The van der Waals surface area contributed by atoms with E-state index >= 15 is 0 Å². The minimum absolute atomic E-state index is 0.0189. The van der Waals surface area contributed by atoms with Crippen LogP contribution in [-0.2, 0) is 20.6 Å². The van der Waals surface area contributed by atoms with E-state index in [4.69, 9.17) is 11.6 Å². The Balaban J connectivity index is 1.56. The number of carbonyl (C=O) groups excluding carboxylic acids is 1. The molecule has 132 valence electrons. The van der Waals surface area contributed by atoms with Gasteiger partial charge in [-0.25, -0.2) is 12.7 Å². The highest BCUT2D eigenvalue weighted by molar-refractivity contribution is 7.88. The van der Waals surface area contributed by atoms with Gasteiger partial charge >= 0.3 is 0 Å². The van der Waals surface area contributed by atoms with E-state index in [0.29, 0.717) is 31.0 Å². The van der Waals surface area contributed by atoms with Crippen molar-refractivity contribution in [2.24, 2.45) is 5.92 Å². The number of carbonyl (C=O) groups is 1. The van der Waals surface area contributed by atoms with E-state index in [1.165, 1.54) is 4.31 Å². The second kappa shape index (κ2) is 7.42. The van der Waals surface area contributed by atoms with Crippen molar-refractivity contribution in [3.8, 4) is 0 Å². The van der Waals surface area contributed by atoms with Gasteiger partial charge in [-0.05, 0) is 43.4 Å². The van der Waals surface area contributed by atoms with Gasteiger partial charge in [0.15, 0.2) is 0 Å². The molecule has 2 heterocycles. The highest BCUT2D eigenvalue weighted by Gasteiger charge is 2.33. The second-order valence-corrected chi connectivity index (χ2v) is 8.99. The maximum Gasteiger partial charge on any atom is 0.225 e. The summed E-state index contributed by atoms with van der Waals surface area (Å²) < 4.78 is 26.7. The molecule has 7 heteroatoms. The Hall–Kier alpha value is -1.11. The Morgan fingerprint density at radius 1 is 1.04 bits per heavy atom. The van der Waals surface area contributed by atoms with Crippen LogP contribution in [0.4, 0.5) is 0 Å². The van der Waals surface area contributed by atoms with Gasteiger partial charge in [-0.1, -0.05) is 23.7 Å². The molecule has 0 atom stereocenters. The van der Waals surface area contributed by atoms with Crippen molar-refractivity contribution in [3.63, 3.8) is 0 Å². The lowest BCUT2D eigenvalue weighted by Crippen LogP contribution is -2.44. The summed E-state index contributed by atoms with van der Waals surface area (Å²) in [6, 6.07) is 6.88. The molecule has 0 unspecified atom stereocenters. The molecule has 1 amide bonds. The lowest BCUT2D eigenvalue weighted by Gasteiger charge is -2.32. The molecule has 0 aliphatic carbocycles. The SMILES string of the molecule is O=C(C1CCN(S(=O)(=O)Cc2ccc(Cl)cc2)CC1)N1CCCC1. The predicted molar refractivity (Wildman–Crippen MR) is 94.2 cm³/mol. The molecule has 3 rings (SSSR count). The summed E-state index contributed by atoms with van der Waals surface area (Å²) >= 11 is 5.84. The van der Waals surface area contributed by atoms with Crippen molar-refractivity contribution in [2.45, 2.75) is 31.4 Å². The number of nitrogens with zero attached hydrogens (tertiary/aromatic N) is 2. The van der Waals surface area contributed by atoms with E-state index in [1.54, 1.807) is 24.3 Å². The Kier molecular flexibility index (Phi) is 5.47. The standard InChI is InChI=1S/C17H23ClN2O3S/c18-16-5-3-14(4-6-16)13-24(22,23)20-11-7-15(8-12-20)17(21)19-9-1-2-10-19/h3-6,15H,1-2,7-13H2. The fourth-order valence-electron chi connectivity index (χ4n) is 3.46. The maximum absolute atomic E-state index is 12.6. The lowest BCUT2D eigenvalue weighted by atomic mass is 9.97. The van der Waals surface area contributed by atoms with Gasteiger partial charge in [0.1, 0.15) is 0 Å². The van der Waals surface area contributed by atoms with Gasteiger partial charge in [-0.3, -0.25) is 4.79 Å². The third-order valence-electron chi connectivity index (χ3n) is 4.88. The Bertz CT molecular complexity index is 676. The van der Waals surface area contributed by atoms with Crippen molar-refractivity contribution in [2.75, 3.05) is 26.2 Å². The predicted octanol–water partition coefficient (Wildman–Crippen LogP) is 2.50. The normalized spacial score (nSPS) is 20.5. The molecule has 0 saturated carbocycles. The summed E-state index contributed by atoms with van der Waals surface area (Å²) in [4.78, 5) is 14.4. The molecule has 2 aliphatic rings. The quantitative estimate of drug-likeness (QED) is 0.818. The third-order valence-corrected chi connectivity index (χ3v) is 6.98. The van der Waals surface area contributed by atoms with Gasteiger partial charge < -0.3 is 4.90 Å². The number of benzene rings is 1. The van der Waals surface area contributed by atoms with Crippen molar-refractivity contribution < 1.29 is 13.2 Å². The first-order valence-corrected chi connectivity index (χ1v) is 10.5. The number of piperidine rings is 1. The van der Waals surface area contributed by atoms with E-state index in [9.17, 15) is 13.2 Å². The summed E-state index contributed by atoms with van der Waals surface area (Å²) in [5.74, 6) is 0.168. The van der Waals surface area contributed by atoms with Crippen molar-refractivity contribution in [3.05, 3.63) is 34.9 Å². The zero-order valence-electron chi connectivity index (χ0n) is 13.7. The highest BCUT2D eigenvalue weighted by Crippen LogP contribution is 2.25. The number of hydrogen-bond donors (Lipinski definition) is 0. The minimum Gasteiger partial charge on any atom is -0.342 e. The molecule has 2 saturated heterocycles. The average Bonchev–Trinajstić information content (AvgIpc) is 3.11. The number of hydrogen-bond acceptors (Lipinski definition) is 3. The molecule has 2 aliphatic heterocycles. The van der Waals surface area contributed by atoms with Crippen LogP contribution in [0.15, 0.2) is 24.3 Å². The van der Waals surface area contributed by atoms with Crippen molar-refractivity contribution in [1.29, 1.82) is 0 Å². The number of rotatable bonds is 4. The monoisotopic (exact) mass is 370 g/mol. The first-order chi connectivity index (χ1) is 11.5. The minimum atomic E-state index is -3.35. The summed E-state index contributed by atoms with van der Waals surface area (Å²) in [5.41, 5.74) is 0.731. The van der Waals surface area contributed by atoms with Gasteiger partial charge in [0, 0.05) is 37.1 Å². The summed E-state index contributed by atoms with van der Waals surface area (Å²) in [5, 5.41) is 0.595. The molecule has 1 aromatic carbocycles. The van der Waals surface area contributed by atoms with Crippen LogP contribution in [0.25, 0.3) is 0 Å². The first-order valence-electron chi connectivity index (χ1n) is 8.47. The molecule has 24 heavy (non-hydrogen) atoms. The summed E-state index contributed by atoms with van der Waals surface area (Å²) in [6.45, 7) is 2.57. The second-order valence-electron chi connectivity index (χ2n) is 6.59. The topological polar surface area (TPSA) is 57.7 Å². The molecule has 1 aromatic rings. The first kappa shape index (κ1) is 17.7. The van der Waals surface area contributed by atoms with Crippen LogP contribution < -0.4 is 0 Å². The molecular formula is C17H23ClN2O3S. The molecule has 5 nitrogen and oxygen atoms in total. The van der Waals surface area contributed by atoms with Crippen molar-refractivity contribution >= 4 is 27.5 Å². The van der Waals surface area contributed by atoms with Crippen LogP contribution >= 0.6 is 11.6 Å². The fourth-order valence-corrected chi connectivity index (χ4v) is 5.15. The molecule has 0 spiro atoms. The molecule has 0 bridgehead atoms. The van der Waals surface area contributed by atoms with E-state index in [2.05, 4.69) is 0 Å². The van der Waals surface area contributed by atoms with Gasteiger partial charge in [0.05, 0.1) is 5.75 Å². The van der Waals surface area contributed by atoms with Crippen molar-refractivity contribution in [1.82, 2.24) is 9.21 Å². The van der Waals surface area contributed by atoms with Crippen LogP contribution in [0, 0.1) is 5.92 Å². The Labute approximate surface area is 148 Å². The molecule has 0 N–H and O–H groups in total. The summed E-state index contributed by atoms with van der Waals surface area (Å²) in [6.07, 6.45) is 3.41. The highest BCUT2D eigenvalue weighted by atomic mass is 35.5. The number of likely N-dealkylation sites (tertiary alicyclic amines) is 1. The van der Waals surface area contributed by atoms with Gasteiger partial charge in [-0.15, -0.1) is 0 Å². The van der Waals surface area contributed by atoms with Crippen LogP contribution in [0.2, 0.25) is 5.02 Å². The van der Waals surface area contributed by atoms with Crippen LogP contribution in [0.1, 0.15) is 31.2 Å². The zero-order chi connectivity index (χ0) is 17.2. The maximum atomic E-state index is 12.6. The molecule has 0 radical (unpaired) electrons. The van der Waals surface area contributed by atoms with E-state index in [1.807, 2.05) is 4.90 Å². The van der Waals surface area contributed by atoms with Crippen LogP contribution in [0.3, 0.4) is 0 Å². The summed E-state index contributed by atoms with van der Waals surface area (Å²) in [7, 11) is -3.35. The fraction of sp³-hybridized carbons (Fsp3) is 0.588. The van der Waals surface area contributed by atoms with Gasteiger partial charge in [0.2, 0.25) is 15.9 Å². The third kappa shape index (κ3) is 4.10. The number of halogens is 1. The van der Waals surface area contributed by atoms with Crippen LogP contribution in [-0.4, -0.2) is 49.7 Å².